The van der Waals surface area contributed by atoms with Gasteiger partial charge in [0.05, 0.1) is 0 Å². The number of nitrogens with zero attached hydrogens (tertiary/aromatic N) is 2. The largest absolute Gasteiger partial charge is 0.341 e. The molecule has 0 aromatic carbocycles. The van der Waals surface area contributed by atoms with Crippen LogP contribution < -0.4 is 5.43 Å². The third kappa shape index (κ3) is 2.21. The SMILES string of the molecule is Cc1ccc(C)n1NCC(=O)N(C)C1CC1. The number of carbonyl (C=O) groups excluding carboxylic acids is 1. The molecule has 1 aliphatic carbocycles. The van der Waals surface area contributed by atoms with Crippen molar-refractivity contribution < 1.29 is 4.79 Å². The van der Waals surface area contributed by atoms with Crippen molar-refractivity contribution in [3.8, 4) is 0 Å². The summed E-state index contributed by atoms with van der Waals surface area (Å²) in [6.07, 6.45) is 2.31. The van der Waals surface area contributed by atoms with Crippen LogP contribution in [0, 0.1) is 13.8 Å². The van der Waals surface area contributed by atoms with Crippen LogP contribution in [0.25, 0.3) is 0 Å². The summed E-state index contributed by atoms with van der Waals surface area (Å²) in [6, 6.07) is 4.57. The first-order chi connectivity index (χ1) is 7.59. The van der Waals surface area contributed by atoms with Crippen molar-refractivity contribution in [1.82, 2.24) is 9.58 Å². The maximum atomic E-state index is 11.8. The minimum atomic E-state index is 0.162. The van der Waals surface area contributed by atoms with Crippen LogP contribution in [0.1, 0.15) is 24.2 Å². The maximum absolute atomic E-state index is 11.8. The summed E-state index contributed by atoms with van der Waals surface area (Å²) in [5, 5.41) is 0. The molecule has 1 aliphatic rings. The lowest BCUT2D eigenvalue weighted by Crippen LogP contribution is -2.36. The van der Waals surface area contributed by atoms with E-state index in [1.54, 1.807) is 0 Å². The highest BCUT2D eigenvalue weighted by Gasteiger charge is 2.29. The number of aryl methyl sites for hydroxylation is 2. The predicted molar refractivity (Wildman–Crippen MR) is 63.9 cm³/mol. The summed E-state index contributed by atoms with van der Waals surface area (Å²) in [4.78, 5) is 13.6. The van der Waals surface area contributed by atoms with Gasteiger partial charge >= 0.3 is 0 Å². The fourth-order valence-corrected chi connectivity index (χ4v) is 1.85. The molecular weight excluding hydrogens is 202 g/mol. The Balaban J connectivity index is 1.89. The first-order valence-corrected chi connectivity index (χ1v) is 5.74. The van der Waals surface area contributed by atoms with Gasteiger partial charge in [-0.3, -0.25) is 9.47 Å². The number of likely N-dealkylation sites (N-methyl/N-ethyl adjacent to an activating group) is 1. The lowest BCUT2D eigenvalue weighted by Gasteiger charge is -2.18. The smallest absolute Gasteiger partial charge is 0.243 e. The van der Waals surface area contributed by atoms with Crippen molar-refractivity contribution in [2.75, 3.05) is 19.0 Å². The Morgan fingerprint density at radius 1 is 1.44 bits per heavy atom. The lowest BCUT2D eigenvalue weighted by molar-refractivity contribution is -0.128. The Hall–Kier alpha value is -1.45. The van der Waals surface area contributed by atoms with Crippen molar-refractivity contribution in [3.63, 3.8) is 0 Å². The van der Waals surface area contributed by atoms with Gasteiger partial charge in [-0.1, -0.05) is 0 Å². The van der Waals surface area contributed by atoms with E-state index in [-0.39, 0.29) is 5.91 Å². The number of hydrogen-bond acceptors (Lipinski definition) is 2. The van der Waals surface area contributed by atoms with E-state index in [2.05, 4.69) is 5.43 Å². The van der Waals surface area contributed by atoms with Gasteiger partial charge in [0.25, 0.3) is 0 Å². The first-order valence-electron chi connectivity index (χ1n) is 5.74. The normalized spacial score (nSPS) is 14.9. The van der Waals surface area contributed by atoms with E-state index in [0.717, 1.165) is 24.2 Å². The zero-order chi connectivity index (χ0) is 11.7. The molecule has 0 atom stereocenters. The fourth-order valence-electron chi connectivity index (χ4n) is 1.85. The zero-order valence-corrected chi connectivity index (χ0v) is 10.2. The molecule has 4 heteroatoms. The van der Waals surface area contributed by atoms with Crippen LogP contribution in [0.2, 0.25) is 0 Å². The number of rotatable bonds is 4. The average molecular weight is 221 g/mol. The van der Waals surface area contributed by atoms with Crippen molar-refractivity contribution in [1.29, 1.82) is 0 Å². The molecule has 1 amide bonds. The topological polar surface area (TPSA) is 37.3 Å². The van der Waals surface area contributed by atoms with Crippen molar-refractivity contribution >= 4 is 5.91 Å². The third-order valence-corrected chi connectivity index (χ3v) is 3.15. The Morgan fingerprint density at radius 2 is 2.00 bits per heavy atom. The zero-order valence-electron chi connectivity index (χ0n) is 10.2. The second-order valence-electron chi connectivity index (χ2n) is 4.52. The van der Waals surface area contributed by atoms with Crippen LogP contribution in [-0.4, -0.2) is 35.1 Å². The summed E-state index contributed by atoms with van der Waals surface area (Å²) in [7, 11) is 1.89. The summed E-state index contributed by atoms with van der Waals surface area (Å²) < 4.78 is 1.96. The Kier molecular flexibility index (Phi) is 2.90. The maximum Gasteiger partial charge on any atom is 0.243 e. The highest BCUT2D eigenvalue weighted by molar-refractivity contribution is 5.79. The molecule has 0 unspecified atom stereocenters. The van der Waals surface area contributed by atoms with Gasteiger partial charge < -0.3 is 10.3 Å². The number of carbonyl (C=O) groups is 1. The Bertz CT molecular complexity index is 373. The van der Waals surface area contributed by atoms with Crippen LogP contribution in [0.5, 0.6) is 0 Å². The minimum Gasteiger partial charge on any atom is -0.341 e. The Morgan fingerprint density at radius 3 is 2.50 bits per heavy atom. The van der Waals surface area contributed by atoms with Gasteiger partial charge in [0.1, 0.15) is 6.54 Å². The molecule has 0 bridgehead atoms. The molecule has 1 saturated carbocycles. The van der Waals surface area contributed by atoms with Crippen LogP contribution in [0.15, 0.2) is 12.1 Å². The van der Waals surface area contributed by atoms with Gasteiger partial charge in [-0.05, 0) is 38.8 Å². The van der Waals surface area contributed by atoms with E-state index in [1.807, 2.05) is 42.6 Å². The van der Waals surface area contributed by atoms with Gasteiger partial charge in [0.2, 0.25) is 5.91 Å². The van der Waals surface area contributed by atoms with E-state index in [1.165, 1.54) is 0 Å². The van der Waals surface area contributed by atoms with Crippen LogP contribution in [0.3, 0.4) is 0 Å². The van der Waals surface area contributed by atoms with Gasteiger partial charge in [-0.15, -0.1) is 0 Å². The highest BCUT2D eigenvalue weighted by Crippen LogP contribution is 2.25. The van der Waals surface area contributed by atoms with Gasteiger partial charge in [0.15, 0.2) is 0 Å². The number of aromatic nitrogens is 1. The first kappa shape index (κ1) is 11.0. The monoisotopic (exact) mass is 221 g/mol. The summed E-state index contributed by atoms with van der Waals surface area (Å²) in [6.45, 7) is 4.41. The summed E-state index contributed by atoms with van der Waals surface area (Å²) in [5.41, 5.74) is 5.40. The molecule has 16 heavy (non-hydrogen) atoms. The van der Waals surface area contributed by atoms with Crippen LogP contribution in [0.4, 0.5) is 0 Å². The average Bonchev–Trinajstić information content (AvgIpc) is 3.04. The lowest BCUT2D eigenvalue weighted by atomic mass is 10.5. The minimum absolute atomic E-state index is 0.162. The molecule has 1 heterocycles. The molecule has 4 nitrogen and oxygen atoms in total. The molecule has 1 aromatic rings. The summed E-state index contributed by atoms with van der Waals surface area (Å²) >= 11 is 0. The number of hydrogen-bond donors (Lipinski definition) is 1. The standard InChI is InChI=1S/C12H19N3O/c1-9-4-5-10(2)15(9)13-8-12(16)14(3)11-6-7-11/h4-5,11,13H,6-8H2,1-3H3. The van der Waals surface area contributed by atoms with E-state index in [4.69, 9.17) is 0 Å². The van der Waals surface area contributed by atoms with Crippen molar-refractivity contribution in [3.05, 3.63) is 23.5 Å². The van der Waals surface area contributed by atoms with E-state index >= 15 is 0 Å². The molecule has 1 fully saturated rings. The Labute approximate surface area is 96.2 Å². The van der Waals surface area contributed by atoms with Crippen molar-refractivity contribution in [2.24, 2.45) is 0 Å². The van der Waals surface area contributed by atoms with Crippen LogP contribution >= 0.6 is 0 Å². The molecule has 2 rings (SSSR count). The van der Waals surface area contributed by atoms with Gasteiger partial charge in [0, 0.05) is 24.5 Å². The van der Waals surface area contributed by atoms with E-state index in [9.17, 15) is 4.79 Å². The van der Waals surface area contributed by atoms with Gasteiger partial charge in [-0.2, -0.15) is 0 Å². The summed E-state index contributed by atoms with van der Waals surface area (Å²) in [5.74, 6) is 0.162. The molecular formula is C12H19N3O. The highest BCUT2D eigenvalue weighted by atomic mass is 16.2. The second-order valence-corrected chi connectivity index (χ2v) is 4.52. The third-order valence-electron chi connectivity index (χ3n) is 3.15. The quantitative estimate of drug-likeness (QED) is 0.831. The number of amides is 1. The number of nitrogens with one attached hydrogen (secondary N) is 1. The molecule has 1 aromatic heterocycles. The second kappa shape index (κ2) is 4.20. The molecule has 0 spiro atoms. The predicted octanol–water partition coefficient (Wildman–Crippen LogP) is 1.27. The van der Waals surface area contributed by atoms with Crippen LogP contribution in [-0.2, 0) is 4.79 Å². The van der Waals surface area contributed by atoms with E-state index < -0.39 is 0 Å². The van der Waals surface area contributed by atoms with E-state index in [0.29, 0.717) is 12.6 Å². The molecule has 1 N–H and O–H groups in total. The molecule has 0 radical (unpaired) electrons. The molecule has 88 valence electrons. The molecule has 0 saturated heterocycles. The molecule has 0 aliphatic heterocycles. The van der Waals surface area contributed by atoms with Crippen molar-refractivity contribution in [2.45, 2.75) is 32.7 Å². The van der Waals surface area contributed by atoms with Gasteiger partial charge in [-0.25, -0.2) is 0 Å². The fraction of sp³-hybridized carbons (Fsp3) is 0.583.